The highest BCUT2D eigenvalue weighted by atomic mass is 16.2. The number of rotatable bonds is 4. The van der Waals surface area contributed by atoms with Crippen molar-refractivity contribution in [1.29, 1.82) is 0 Å². The van der Waals surface area contributed by atoms with Gasteiger partial charge in [0.05, 0.1) is 0 Å². The van der Waals surface area contributed by atoms with Crippen LogP contribution in [0.3, 0.4) is 0 Å². The minimum Gasteiger partial charge on any atom is -0.337 e. The Balaban J connectivity index is 1.70. The molecular formula is C16H25N3O. The van der Waals surface area contributed by atoms with Gasteiger partial charge in [0.25, 0.3) is 0 Å². The Labute approximate surface area is 121 Å². The maximum atomic E-state index is 11.8. The number of urea groups is 1. The van der Waals surface area contributed by atoms with Gasteiger partial charge >= 0.3 is 6.03 Å². The molecule has 0 aromatic heterocycles. The molecule has 1 aromatic rings. The second-order valence-electron chi connectivity index (χ2n) is 5.58. The molecule has 1 heterocycles. The van der Waals surface area contributed by atoms with Crippen LogP contribution in [0.2, 0.25) is 0 Å². The maximum absolute atomic E-state index is 11.8. The zero-order valence-electron chi connectivity index (χ0n) is 12.5. The summed E-state index contributed by atoms with van der Waals surface area (Å²) in [7, 11) is 0. The van der Waals surface area contributed by atoms with Gasteiger partial charge in [-0.05, 0) is 63.0 Å². The number of anilines is 1. The summed E-state index contributed by atoms with van der Waals surface area (Å²) in [4.78, 5) is 14.2. The number of benzene rings is 1. The van der Waals surface area contributed by atoms with E-state index in [2.05, 4.69) is 29.4 Å². The number of carbonyl (C=O) groups is 1. The molecule has 0 unspecified atom stereocenters. The van der Waals surface area contributed by atoms with Gasteiger partial charge in [-0.25, -0.2) is 4.79 Å². The first kappa shape index (κ1) is 14.9. The number of carbonyl (C=O) groups excluding carboxylic acids is 1. The summed E-state index contributed by atoms with van der Waals surface area (Å²) in [6, 6.07) is 5.84. The van der Waals surface area contributed by atoms with Crippen molar-refractivity contribution >= 4 is 11.7 Å². The molecule has 110 valence electrons. The van der Waals surface area contributed by atoms with Gasteiger partial charge in [-0.15, -0.1) is 0 Å². The summed E-state index contributed by atoms with van der Waals surface area (Å²) in [6.45, 7) is 8.10. The molecule has 20 heavy (non-hydrogen) atoms. The molecule has 4 nitrogen and oxygen atoms in total. The van der Waals surface area contributed by atoms with E-state index >= 15 is 0 Å². The summed E-state index contributed by atoms with van der Waals surface area (Å²) >= 11 is 0. The molecule has 1 aromatic carbocycles. The van der Waals surface area contributed by atoms with Crippen LogP contribution in [0, 0.1) is 13.8 Å². The number of likely N-dealkylation sites (tertiary alicyclic amines) is 1. The Kier molecular flexibility index (Phi) is 5.41. The van der Waals surface area contributed by atoms with E-state index in [4.69, 9.17) is 0 Å². The van der Waals surface area contributed by atoms with E-state index in [0.717, 1.165) is 12.2 Å². The minimum absolute atomic E-state index is 0.120. The molecule has 1 fully saturated rings. The second-order valence-corrected chi connectivity index (χ2v) is 5.58. The molecule has 1 saturated heterocycles. The largest absolute Gasteiger partial charge is 0.337 e. The molecule has 2 N–H and O–H groups in total. The van der Waals surface area contributed by atoms with Crippen molar-refractivity contribution in [1.82, 2.24) is 10.2 Å². The molecule has 0 radical (unpaired) electrons. The molecule has 2 amide bonds. The molecule has 4 heteroatoms. The van der Waals surface area contributed by atoms with E-state index < -0.39 is 0 Å². The monoisotopic (exact) mass is 275 g/mol. The lowest BCUT2D eigenvalue weighted by atomic mass is 10.1. The van der Waals surface area contributed by atoms with E-state index in [1.54, 1.807) is 0 Å². The highest BCUT2D eigenvalue weighted by Gasteiger charge is 2.09. The number of aryl methyl sites for hydroxylation is 2. The van der Waals surface area contributed by atoms with E-state index in [0.29, 0.717) is 6.54 Å². The highest BCUT2D eigenvalue weighted by molar-refractivity contribution is 5.89. The summed E-state index contributed by atoms with van der Waals surface area (Å²) in [5.41, 5.74) is 3.28. The van der Waals surface area contributed by atoms with E-state index in [1.807, 2.05) is 18.2 Å². The average molecular weight is 275 g/mol. The van der Waals surface area contributed by atoms with Crippen molar-refractivity contribution in [3.63, 3.8) is 0 Å². The summed E-state index contributed by atoms with van der Waals surface area (Å²) in [5, 5.41) is 5.80. The quantitative estimate of drug-likeness (QED) is 0.887. The number of nitrogens with one attached hydrogen (secondary N) is 2. The number of hydrogen-bond donors (Lipinski definition) is 2. The van der Waals surface area contributed by atoms with Crippen molar-refractivity contribution in [3.8, 4) is 0 Å². The van der Waals surface area contributed by atoms with Crippen LogP contribution in [0.15, 0.2) is 18.2 Å². The summed E-state index contributed by atoms with van der Waals surface area (Å²) in [6.07, 6.45) is 3.92. The zero-order chi connectivity index (χ0) is 14.4. The van der Waals surface area contributed by atoms with Gasteiger partial charge in [0, 0.05) is 18.8 Å². The second kappa shape index (κ2) is 7.29. The molecule has 2 rings (SSSR count). The first-order chi connectivity index (χ1) is 9.65. The van der Waals surface area contributed by atoms with Crippen LogP contribution in [0.25, 0.3) is 0 Å². The van der Waals surface area contributed by atoms with Gasteiger partial charge in [0.1, 0.15) is 0 Å². The fourth-order valence-corrected chi connectivity index (χ4v) is 2.51. The molecule has 0 atom stereocenters. The number of piperidine rings is 1. The van der Waals surface area contributed by atoms with Gasteiger partial charge in [-0.1, -0.05) is 12.5 Å². The van der Waals surface area contributed by atoms with Crippen molar-refractivity contribution in [3.05, 3.63) is 29.3 Å². The van der Waals surface area contributed by atoms with Gasteiger partial charge in [-0.2, -0.15) is 0 Å². The predicted molar refractivity (Wildman–Crippen MR) is 83.2 cm³/mol. The van der Waals surface area contributed by atoms with Gasteiger partial charge in [0.2, 0.25) is 0 Å². The Morgan fingerprint density at radius 2 is 1.90 bits per heavy atom. The SMILES string of the molecule is Cc1ccc(NC(=O)NCCN2CCCCC2)cc1C. The Bertz CT molecular complexity index is 453. The molecule has 0 aliphatic carbocycles. The normalized spacial score (nSPS) is 15.9. The lowest BCUT2D eigenvalue weighted by Crippen LogP contribution is -2.39. The van der Waals surface area contributed by atoms with E-state index in [1.165, 1.54) is 43.5 Å². The van der Waals surface area contributed by atoms with Gasteiger partial charge in [-0.3, -0.25) is 0 Å². The topological polar surface area (TPSA) is 44.4 Å². The van der Waals surface area contributed by atoms with Crippen molar-refractivity contribution in [2.75, 3.05) is 31.5 Å². The van der Waals surface area contributed by atoms with Crippen LogP contribution in [0.1, 0.15) is 30.4 Å². The summed E-state index contributed by atoms with van der Waals surface area (Å²) in [5.74, 6) is 0. The zero-order valence-corrected chi connectivity index (χ0v) is 12.5. The van der Waals surface area contributed by atoms with Crippen LogP contribution in [-0.2, 0) is 0 Å². The number of nitrogens with zero attached hydrogens (tertiary/aromatic N) is 1. The molecule has 0 bridgehead atoms. The lowest BCUT2D eigenvalue weighted by molar-refractivity contribution is 0.224. The molecule has 1 aliphatic rings. The third-order valence-corrected chi connectivity index (χ3v) is 3.93. The first-order valence-electron chi connectivity index (χ1n) is 7.49. The predicted octanol–water partition coefficient (Wildman–Crippen LogP) is 2.91. The van der Waals surface area contributed by atoms with Crippen LogP contribution >= 0.6 is 0 Å². The van der Waals surface area contributed by atoms with Crippen molar-refractivity contribution in [2.45, 2.75) is 33.1 Å². The first-order valence-corrected chi connectivity index (χ1v) is 7.49. The van der Waals surface area contributed by atoms with Crippen LogP contribution in [0.5, 0.6) is 0 Å². The third-order valence-electron chi connectivity index (χ3n) is 3.93. The van der Waals surface area contributed by atoms with Crippen LogP contribution in [0.4, 0.5) is 10.5 Å². The van der Waals surface area contributed by atoms with E-state index in [9.17, 15) is 4.79 Å². The van der Waals surface area contributed by atoms with E-state index in [-0.39, 0.29) is 6.03 Å². The average Bonchev–Trinajstić information content (AvgIpc) is 2.44. The molecular weight excluding hydrogens is 250 g/mol. The fraction of sp³-hybridized carbons (Fsp3) is 0.562. The Morgan fingerprint density at radius 1 is 1.15 bits per heavy atom. The van der Waals surface area contributed by atoms with Crippen LogP contribution in [-0.4, -0.2) is 37.1 Å². The van der Waals surface area contributed by atoms with Crippen molar-refractivity contribution in [2.24, 2.45) is 0 Å². The maximum Gasteiger partial charge on any atom is 0.319 e. The molecule has 0 spiro atoms. The standard InChI is InChI=1S/C16H25N3O/c1-13-6-7-15(12-14(13)2)18-16(20)17-8-11-19-9-4-3-5-10-19/h6-7,12H,3-5,8-11H2,1-2H3,(H2,17,18,20). The number of hydrogen-bond acceptors (Lipinski definition) is 2. The smallest absolute Gasteiger partial charge is 0.319 e. The minimum atomic E-state index is -0.120. The Hall–Kier alpha value is -1.55. The lowest BCUT2D eigenvalue weighted by Gasteiger charge is -2.26. The van der Waals surface area contributed by atoms with Crippen molar-refractivity contribution < 1.29 is 4.79 Å². The highest BCUT2D eigenvalue weighted by Crippen LogP contribution is 2.13. The van der Waals surface area contributed by atoms with Gasteiger partial charge < -0.3 is 15.5 Å². The number of amides is 2. The molecule has 0 saturated carbocycles. The summed E-state index contributed by atoms with van der Waals surface area (Å²) < 4.78 is 0. The van der Waals surface area contributed by atoms with Crippen LogP contribution < -0.4 is 10.6 Å². The van der Waals surface area contributed by atoms with Gasteiger partial charge in [0.15, 0.2) is 0 Å². The third kappa shape index (κ3) is 4.53. The molecule has 1 aliphatic heterocycles. The Morgan fingerprint density at radius 3 is 2.60 bits per heavy atom. The fourth-order valence-electron chi connectivity index (χ4n) is 2.51.